The van der Waals surface area contributed by atoms with Crippen LogP contribution in [0.3, 0.4) is 0 Å². The van der Waals surface area contributed by atoms with Crippen molar-refractivity contribution in [1.29, 1.82) is 0 Å². The van der Waals surface area contributed by atoms with Gasteiger partial charge in [0.25, 0.3) is 0 Å². The fraction of sp³-hybridized carbons (Fsp3) is 0.423. The number of aliphatic carboxylic acids is 2. The Hall–Kier alpha value is -3.11. The molecule has 0 saturated carbocycles. The van der Waals surface area contributed by atoms with Crippen molar-refractivity contribution in [3.8, 4) is 0 Å². The lowest BCUT2D eigenvalue weighted by Crippen LogP contribution is -2.59. The van der Waals surface area contributed by atoms with Gasteiger partial charge in [-0.15, -0.1) is 0 Å². The first kappa shape index (κ1) is 26.5. The van der Waals surface area contributed by atoms with Crippen LogP contribution >= 0.6 is 0 Å². The Labute approximate surface area is 204 Å². The van der Waals surface area contributed by atoms with Gasteiger partial charge in [0.2, 0.25) is 0 Å². The quantitative estimate of drug-likeness (QED) is 0.297. The summed E-state index contributed by atoms with van der Waals surface area (Å²) in [6.07, 6.45) is -0.115. The summed E-state index contributed by atoms with van der Waals surface area (Å²) in [4.78, 5) is 39.8. The zero-order valence-corrected chi connectivity index (χ0v) is 19.5. The van der Waals surface area contributed by atoms with Crippen LogP contribution in [0.5, 0.6) is 0 Å². The number of fused-ring (bicyclic) bond motifs is 1. The maximum Gasteiger partial charge on any atom is 0.321 e. The van der Waals surface area contributed by atoms with Crippen LogP contribution in [0, 0.1) is 0 Å². The number of rotatable bonds is 12. The Bertz CT molecular complexity index is 1030. The van der Waals surface area contributed by atoms with E-state index in [0.717, 1.165) is 5.56 Å². The van der Waals surface area contributed by atoms with E-state index in [0.29, 0.717) is 17.5 Å². The first-order valence-corrected chi connectivity index (χ1v) is 11.8. The largest absolute Gasteiger partial charge is 0.480 e. The monoisotopic (exact) mass is 483 g/mol. The number of nitrogens with two attached hydrogens (primary N) is 2. The molecule has 0 fully saturated rings. The Morgan fingerprint density at radius 2 is 1.66 bits per heavy atom. The summed E-state index contributed by atoms with van der Waals surface area (Å²) in [7, 11) is 0. The molecule has 0 spiro atoms. The number of carboxylic acid groups (broad SMARTS) is 2. The number of hydrogen-bond donors (Lipinski definition) is 5. The number of aliphatic hydroxyl groups is 1. The molecule has 0 saturated heterocycles. The zero-order valence-electron chi connectivity index (χ0n) is 19.5. The number of ketones is 1. The number of carbonyl (C=O) groups is 3. The van der Waals surface area contributed by atoms with Crippen molar-refractivity contribution in [2.24, 2.45) is 11.5 Å². The predicted molar refractivity (Wildman–Crippen MR) is 130 cm³/mol. The van der Waals surface area contributed by atoms with Gasteiger partial charge < -0.3 is 26.8 Å². The number of Topliss-reactive ketones (excluding diaryl/α,β-unsaturated/α-hetero) is 1. The molecule has 3 rings (SSSR count). The molecular formula is C26H33N3O6. The highest BCUT2D eigenvalue weighted by Gasteiger charge is 2.47. The van der Waals surface area contributed by atoms with Gasteiger partial charge in [-0.05, 0) is 55.3 Å². The van der Waals surface area contributed by atoms with Gasteiger partial charge in [-0.3, -0.25) is 19.3 Å². The van der Waals surface area contributed by atoms with Crippen LogP contribution in [0.4, 0.5) is 0 Å². The molecule has 5 atom stereocenters. The van der Waals surface area contributed by atoms with E-state index in [1.807, 2.05) is 30.3 Å². The van der Waals surface area contributed by atoms with Gasteiger partial charge in [0.1, 0.15) is 12.1 Å². The maximum absolute atomic E-state index is 13.7. The number of hydrogen-bond acceptors (Lipinski definition) is 7. The standard InChI is InChI=1S/C26H33N3O6/c27-13-12-18(30)15-20(28)24(31)23-19-9-5-4-8-17(19)14-22(26(34)35)29(23)21(25(32)33)11-10-16-6-2-1-3-7-16/h1-9,18,20-23,30H,10-15,27-28H2,(H,32,33)(H,34,35)/t18?,20-,21-,22?,23?/m0/s1. The summed E-state index contributed by atoms with van der Waals surface area (Å²) in [5, 5.41) is 30.4. The van der Waals surface area contributed by atoms with Crippen LogP contribution < -0.4 is 11.5 Å². The molecule has 1 aliphatic heterocycles. The van der Waals surface area contributed by atoms with Gasteiger partial charge in [0.15, 0.2) is 5.78 Å². The molecule has 0 aromatic heterocycles. The smallest absolute Gasteiger partial charge is 0.321 e. The second kappa shape index (κ2) is 12.0. The summed E-state index contributed by atoms with van der Waals surface area (Å²) in [6, 6.07) is 11.5. The molecule has 188 valence electrons. The first-order chi connectivity index (χ1) is 16.7. The molecule has 0 aliphatic carbocycles. The summed E-state index contributed by atoms with van der Waals surface area (Å²) in [5.74, 6) is -2.94. The summed E-state index contributed by atoms with van der Waals surface area (Å²) in [6.45, 7) is 0.224. The molecular weight excluding hydrogens is 450 g/mol. The molecule has 0 amide bonds. The van der Waals surface area contributed by atoms with Gasteiger partial charge in [0, 0.05) is 0 Å². The minimum Gasteiger partial charge on any atom is -0.480 e. The molecule has 7 N–H and O–H groups in total. The van der Waals surface area contributed by atoms with E-state index in [1.165, 1.54) is 4.90 Å². The minimum atomic E-state index is -1.24. The minimum absolute atomic E-state index is 0.0535. The Kier molecular flexibility index (Phi) is 9.11. The van der Waals surface area contributed by atoms with E-state index in [2.05, 4.69) is 0 Å². The molecule has 9 heteroatoms. The van der Waals surface area contributed by atoms with E-state index in [4.69, 9.17) is 11.5 Å². The fourth-order valence-corrected chi connectivity index (χ4v) is 4.82. The SMILES string of the molecule is NCCC(O)C[C@H](N)C(=O)C1c2ccccc2CC(C(=O)O)N1[C@@H](CCc1ccccc1)C(=O)O. The summed E-state index contributed by atoms with van der Waals surface area (Å²) >= 11 is 0. The highest BCUT2D eigenvalue weighted by atomic mass is 16.4. The van der Waals surface area contributed by atoms with Crippen molar-refractivity contribution < 1.29 is 29.7 Å². The highest BCUT2D eigenvalue weighted by Crippen LogP contribution is 2.37. The van der Waals surface area contributed by atoms with Crippen LogP contribution in [-0.4, -0.2) is 68.7 Å². The molecule has 35 heavy (non-hydrogen) atoms. The van der Waals surface area contributed by atoms with Crippen molar-refractivity contribution in [2.45, 2.75) is 62.4 Å². The average Bonchev–Trinajstić information content (AvgIpc) is 2.83. The van der Waals surface area contributed by atoms with E-state index in [-0.39, 0.29) is 32.2 Å². The number of benzene rings is 2. The van der Waals surface area contributed by atoms with Crippen LogP contribution in [0.15, 0.2) is 54.6 Å². The van der Waals surface area contributed by atoms with Gasteiger partial charge in [-0.2, -0.15) is 0 Å². The maximum atomic E-state index is 13.7. The van der Waals surface area contributed by atoms with E-state index < -0.39 is 48.0 Å². The highest BCUT2D eigenvalue weighted by molar-refractivity contribution is 5.92. The lowest BCUT2D eigenvalue weighted by Gasteiger charge is -2.44. The molecule has 1 heterocycles. The lowest BCUT2D eigenvalue weighted by atomic mass is 9.82. The van der Waals surface area contributed by atoms with E-state index in [9.17, 15) is 29.7 Å². The van der Waals surface area contributed by atoms with Crippen LogP contribution in [0.25, 0.3) is 0 Å². The van der Waals surface area contributed by atoms with Crippen molar-refractivity contribution >= 4 is 17.7 Å². The molecule has 0 radical (unpaired) electrons. The average molecular weight is 484 g/mol. The van der Waals surface area contributed by atoms with E-state index >= 15 is 0 Å². The molecule has 1 aliphatic rings. The van der Waals surface area contributed by atoms with Gasteiger partial charge in [-0.1, -0.05) is 54.6 Å². The third-order valence-corrected chi connectivity index (χ3v) is 6.56. The number of aryl methyl sites for hydroxylation is 1. The Morgan fingerprint density at radius 1 is 1.00 bits per heavy atom. The number of carboxylic acids is 2. The Morgan fingerprint density at radius 3 is 2.29 bits per heavy atom. The first-order valence-electron chi connectivity index (χ1n) is 11.8. The lowest BCUT2D eigenvalue weighted by molar-refractivity contribution is -0.156. The van der Waals surface area contributed by atoms with Crippen molar-refractivity contribution in [3.63, 3.8) is 0 Å². The van der Waals surface area contributed by atoms with Crippen LogP contribution in [0.1, 0.15) is 42.0 Å². The number of nitrogens with zero attached hydrogens (tertiary/aromatic N) is 1. The molecule has 2 aromatic rings. The summed E-state index contributed by atoms with van der Waals surface area (Å²) < 4.78 is 0. The van der Waals surface area contributed by atoms with Crippen LogP contribution in [-0.2, 0) is 27.2 Å². The van der Waals surface area contributed by atoms with Crippen LogP contribution in [0.2, 0.25) is 0 Å². The van der Waals surface area contributed by atoms with Gasteiger partial charge in [-0.25, -0.2) is 0 Å². The summed E-state index contributed by atoms with van der Waals surface area (Å²) in [5.41, 5.74) is 13.8. The predicted octanol–water partition coefficient (Wildman–Crippen LogP) is 1.12. The Balaban J connectivity index is 2.02. The second-order valence-corrected chi connectivity index (χ2v) is 8.96. The van der Waals surface area contributed by atoms with Crippen molar-refractivity contribution in [2.75, 3.05) is 6.54 Å². The zero-order chi connectivity index (χ0) is 25.5. The molecule has 0 bridgehead atoms. The fourth-order valence-electron chi connectivity index (χ4n) is 4.82. The second-order valence-electron chi connectivity index (χ2n) is 8.96. The number of carbonyl (C=O) groups excluding carboxylic acids is 1. The number of aliphatic hydroxyl groups excluding tert-OH is 1. The third kappa shape index (κ3) is 6.32. The van der Waals surface area contributed by atoms with Crippen molar-refractivity contribution in [1.82, 2.24) is 4.90 Å². The topological polar surface area (TPSA) is 167 Å². The van der Waals surface area contributed by atoms with Gasteiger partial charge >= 0.3 is 11.9 Å². The normalized spacial score (nSPS) is 20.4. The molecule has 3 unspecified atom stereocenters. The van der Waals surface area contributed by atoms with Crippen molar-refractivity contribution in [3.05, 3.63) is 71.3 Å². The third-order valence-electron chi connectivity index (χ3n) is 6.56. The molecule has 2 aromatic carbocycles. The van der Waals surface area contributed by atoms with Gasteiger partial charge in [0.05, 0.1) is 18.2 Å². The van der Waals surface area contributed by atoms with E-state index in [1.54, 1.807) is 24.3 Å². The molecule has 9 nitrogen and oxygen atoms in total.